The van der Waals surface area contributed by atoms with Gasteiger partial charge in [-0.05, 0) is 48.4 Å². The monoisotopic (exact) mass is 462 g/mol. The topological polar surface area (TPSA) is 76.0 Å². The Bertz CT molecular complexity index is 1240. The van der Waals surface area contributed by atoms with Crippen molar-refractivity contribution in [3.8, 4) is 0 Å². The van der Waals surface area contributed by atoms with Crippen molar-refractivity contribution in [2.24, 2.45) is 0 Å². The first-order valence-corrected chi connectivity index (χ1v) is 11.5. The molecule has 0 saturated carbocycles. The summed E-state index contributed by atoms with van der Waals surface area (Å²) in [6.07, 6.45) is 0.752. The molecule has 33 heavy (non-hydrogen) atoms. The standard InChI is InChI=1S/C25H23FN4O2S/c26-19-10-12-20(13-11-19)28-24(32)17-33-25-29-21-8-4-5-9-22(21)30(25)16-23(31)27-15-14-18-6-2-1-3-7-18/h1-13H,14-17H2,(H,27,31)(H,28,32). The number of hydrogen-bond donors (Lipinski definition) is 2. The van der Waals surface area contributed by atoms with Gasteiger partial charge in [-0.15, -0.1) is 0 Å². The molecular formula is C25H23FN4O2S. The summed E-state index contributed by atoms with van der Waals surface area (Å²) in [7, 11) is 0. The number of anilines is 1. The molecule has 168 valence electrons. The van der Waals surface area contributed by atoms with Crippen LogP contribution in [0.1, 0.15) is 5.56 Å². The second kappa shape index (κ2) is 10.8. The molecule has 1 heterocycles. The Kier molecular flexibility index (Phi) is 7.36. The number of halogens is 1. The van der Waals surface area contributed by atoms with Crippen LogP contribution in [0.2, 0.25) is 0 Å². The summed E-state index contributed by atoms with van der Waals surface area (Å²) >= 11 is 1.25. The maximum atomic E-state index is 13.0. The van der Waals surface area contributed by atoms with E-state index < -0.39 is 0 Å². The second-order valence-corrected chi connectivity index (χ2v) is 8.34. The molecule has 2 N–H and O–H groups in total. The minimum atomic E-state index is -0.363. The Morgan fingerprint density at radius 2 is 1.64 bits per heavy atom. The van der Waals surface area contributed by atoms with E-state index in [0.717, 1.165) is 23.0 Å². The van der Waals surface area contributed by atoms with Crippen LogP contribution in [0.3, 0.4) is 0 Å². The first-order chi connectivity index (χ1) is 16.1. The third-order valence-corrected chi connectivity index (χ3v) is 5.94. The number of para-hydroxylation sites is 2. The van der Waals surface area contributed by atoms with Gasteiger partial charge in [0.05, 0.1) is 16.8 Å². The van der Waals surface area contributed by atoms with Crippen LogP contribution >= 0.6 is 11.8 Å². The number of nitrogens with one attached hydrogen (secondary N) is 2. The van der Waals surface area contributed by atoms with Crippen LogP contribution < -0.4 is 10.6 Å². The lowest BCUT2D eigenvalue weighted by molar-refractivity contribution is -0.121. The highest BCUT2D eigenvalue weighted by atomic mass is 32.2. The Balaban J connectivity index is 1.39. The molecule has 0 unspecified atom stereocenters. The third kappa shape index (κ3) is 6.20. The van der Waals surface area contributed by atoms with E-state index in [4.69, 9.17) is 0 Å². The Hall–Kier alpha value is -3.65. The summed E-state index contributed by atoms with van der Waals surface area (Å²) in [6.45, 7) is 0.648. The molecule has 0 saturated heterocycles. The molecule has 3 aromatic carbocycles. The number of aromatic nitrogens is 2. The zero-order valence-corrected chi connectivity index (χ0v) is 18.6. The Labute approximate surface area is 195 Å². The fourth-order valence-corrected chi connectivity index (χ4v) is 4.18. The van der Waals surface area contributed by atoms with E-state index in [0.29, 0.717) is 17.4 Å². The van der Waals surface area contributed by atoms with E-state index in [1.54, 1.807) is 0 Å². The molecule has 0 spiro atoms. The minimum Gasteiger partial charge on any atom is -0.354 e. The van der Waals surface area contributed by atoms with E-state index in [1.165, 1.54) is 36.0 Å². The largest absolute Gasteiger partial charge is 0.354 e. The van der Waals surface area contributed by atoms with Gasteiger partial charge in [-0.2, -0.15) is 0 Å². The molecule has 6 nitrogen and oxygen atoms in total. The summed E-state index contributed by atoms with van der Waals surface area (Å²) in [5, 5.41) is 6.28. The van der Waals surface area contributed by atoms with E-state index >= 15 is 0 Å². The van der Waals surface area contributed by atoms with Crippen molar-refractivity contribution in [2.45, 2.75) is 18.1 Å². The van der Waals surface area contributed by atoms with Crippen molar-refractivity contribution in [1.29, 1.82) is 0 Å². The average Bonchev–Trinajstić information content (AvgIpc) is 3.17. The van der Waals surface area contributed by atoms with Gasteiger partial charge in [-0.3, -0.25) is 9.59 Å². The number of amides is 2. The molecule has 0 atom stereocenters. The van der Waals surface area contributed by atoms with Gasteiger partial charge in [0.2, 0.25) is 11.8 Å². The van der Waals surface area contributed by atoms with E-state index in [2.05, 4.69) is 15.6 Å². The SMILES string of the molecule is O=C(Cn1c(SCC(=O)Nc2ccc(F)cc2)nc2ccccc21)NCCc1ccccc1. The molecule has 0 aliphatic carbocycles. The molecule has 0 fully saturated rings. The molecule has 0 radical (unpaired) electrons. The molecular weight excluding hydrogens is 439 g/mol. The summed E-state index contributed by atoms with van der Waals surface area (Å²) in [5.74, 6) is -0.613. The average molecular weight is 463 g/mol. The van der Waals surface area contributed by atoms with Crippen molar-refractivity contribution >= 4 is 40.3 Å². The van der Waals surface area contributed by atoms with Crippen LogP contribution in [0.25, 0.3) is 11.0 Å². The number of carbonyl (C=O) groups excluding carboxylic acids is 2. The van der Waals surface area contributed by atoms with Gasteiger partial charge in [-0.1, -0.05) is 54.2 Å². The summed E-state index contributed by atoms with van der Waals surface area (Å²) < 4.78 is 14.9. The molecule has 1 aromatic heterocycles. The van der Waals surface area contributed by atoms with Gasteiger partial charge in [-0.25, -0.2) is 9.37 Å². The molecule has 4 aromatic rings. The molecule has 8 heteroatoms. The number of carbonyl (C=O) groups is 2. The maximum absolute atomic E-state index is 13.0. The zero-order chi connectivity index (χ0) is 23.0. The highest BCUT2D eigenvalue weighted by molar-refractivity contribution is 7.99. The van der Waals surface area contributed by atoms with Crippen molar-refractivity contribution in [2.75, 3.05) is 17.6 Å². The lowest BCUT2D eigenvalue weighted by atomic mass is 10.1. The normalized spacial score (nSPS) is 10.8. The number of hydrogen-bond acceptors (Lipinski definition) is 4. The fraction of sp³-hybridized carbons (Fsp3) is 0.160. The second-order valence-electron chi connectivity index (χ2n) is 7.40. The number of rotatable bonds is 9. The summed E-state index contributed by atoms with van der Waals surface area (Å²) in [5.41, 5.74) is 3.27. The van der Waals surface area contributed by atoms with Crippen molar-refractivity contribution < 1.29 is 14.0 Å². The highest BCUT2D eigenvalue weighted by Gasteiger charge is 2.15. The van der Waals surface area contributed by atoms with Crippen LogP contribution in [-0.2, 0) is 22.6 Å². The molecule has 0 bridgehead atoms. The van der Waals surface area contributed by atoms with E-state index in [-0.39, 0.29) is 29.9 Å². The van der Waals surface area contributed by atoms with Crippen LogP contribution in [0, 0.1) is 5.82 Å². The third-order valence-electron chi connectivity index (χ3n) is 4.96. The first-order valence-electron chi connectivity index (χ1n) is 10.5. The predicted octanol–water partition coefficient (Wildman–Crippen LogP) is 4.27. The van der Waals surface area contributed by atoms with Gasteiger partial charge in [0.25, 0.3) is 0 Å². The first kappa shape index (κ1) is 22.5. The van der Waals surface area contributed by atoms with E-state index in [9.17, 15) is 14.0 Å². The molecule has 2 amide bonds. The molecule has 0 aliphatic heterocycles. The lowest BCUT2D eigenvalue weighted by Crippen LogP contribution is -2.29. The van der Waals surface area contributed by atoms with Crippen LogP contribution in [0.15, 0.2) is 84.0 Å². The number of fused-ring (bicyclic) bond motifs is 1. The highest BCUT2D eigenvalue weighted by Crippen LogP contribution is 2.24. The minimum absolute atomic E-state index is 0.107. The van der Waals surface area contributed by atoms with Crippen LogP contribution in [0.4, 0.5) is 10.1 Å². The zero-order valence-electron chi connectivity index (χ0n) is 17.8. The summed E-state index contributed by atoms with van der Waals surface area (Å²) in [4.78, 5) is 29.6. The lowest BCUT2D eigenvalue weighted by Gasteiger charge is -2.10. The van der Waals surface area contributed by atoms with Crippen LogP contribution in [0.5, 0.6) is 0 Å². The quantitative estimate of drug-likeness (QED) is 0.365. The van der Waals surface area contributed by atoms with Crippen molar-refractivity contribution in [1.82, 2.24) is 14.9 Å². The Morgan fingerprint density at radius 3 is 2.42 bits per heavy atom. The number of nitrogens with zero attached hydrogens (tertiary/aromatic N) is 2. The van der Waals surface area contributed by atoms with Gasteiger partial charge in [0.15, 0.2) is 5.16 Å². The number of benzene rings is 3. The number of thioether (sulfide) groups is 1. The van der Waals surface area contributed by atoms with Gasteiger partial charge >= 0.3 is 0 Å². The van der Waals surface area contributed by atoms with Gasteiger partial charge in [0.1, 0.15) is 12.4 Å². The number of imidazole rings is 1. The summed E-state index contributed by atoms with van der Waals surface area (Å²) in [6, 6.07) is 23.1. The fourth-order valence-electron chi connectivity index (χ4n) is 3.37. The van der Waals surface area contributed by atoms with Crippen molar-refractivity contribution in [3.63, 3.8) is 0 Å². The van der Waals surface area contributed by atoms with E-state index in [1.807, 2.05) is 59.2 Å². The Morgan fingerprint density at radius 1 is 0.909 bits per heavy atom. The maximum Gasteiger partial charge on any atom is 0.240 e. The van der Waals surface area contributed by atoms with Gasteiger partial charge in [0, 0.05) is 12.2 Å². The van der Waals surface area contributed by atoms with Crippen LogP contribution in [-0.4, -0.2) is 33.7 Å². The molecule has 0 aliphatic rings. The predicted molar refractivity (Wildman–Crippen MR) is 129 cm³/mol. The van der Waals surface area contributed by atoms with Gasteiger partial charge < -0.3 is 15.2 Å². The van der Waals surface area contributed by atoms with Crippen molar-refractivity contribution in [3.05, 3.63) is 90.2 Å². The molecule has 4 rings (SSSR count). The smallest absolute Gasteiger partial charge is 0.240 e.